The summed E-state index contributed by atoms with van der Waals surface area (Å²) in [6, 6.07) is 41.4. The molecule has 0 spiro atoms. The summed E-state index contributed by atoms with van der Waals surface area (Å²) >= 11 is 0. The Bertz CT molecular complexity index is 2640. The average molecular weight is 804 g/mol. The Morgan fingerprint density at radius 1 is 0.492 bits per heavy atom. The molecule has 0 atom stereocenters. The zero-order valence-electron chi connectivity index (χ0n) is 40.2. The molecule has 0 fully saturated rings. The van der Waals surface area contributed by atoms with Crippen LogP contribution in [0.5, 0.6) is 0 Å². The van der Waals surface area contributed by atoms with E-state index in [2.05, 4.69) is 219 Å². The molecule has 3 aliphatic rings. The first-order valence-corrected chi connectivity index (χ1v) is 23.0. The van der Waals surface area contributed by atoms with Gasteiger partial charge in [-0.15, -0.1) is 0 Å². The Hall–Kier alpha value is -4.88. The van der Waals surface area contributed by atoms with Crippen LogP contribution in [0.15, 0.2) is 103 Å². The third kappa shape index (κ3) is 6.30. The summed E-state index contributed by atoms with van der Waals surface area (Å²) in [5.74, 6) is 0. The predicted octanol–water partition coefficient (Wildman–Crippen LogP) is 16.9. The van der Waals surface area contributed by atoms with Crippen molar-refractivity contribution >= 4 is 17.1 Å². The first kappa shape index (κ1) is 41.5. The molecule has 0 saturated heterocycles. The minimum Gasteiger partial charge on any atom is -0.309 e. The Labute approximate surface area is 368 Å². The van der Waals surface area contributed by atoms with Crippen molar-refractivity contribution in [3.05, 3.63) is 159 Å². The molecule has 314 valence electrons. The molecular formula is C60H69N. The standard InChI is InChI=1S/C60H69N/c1-17-37-20-18-19-21-44(37)43-27-24-42(28-36(43)2)61-51-33-40(31-49-53(51)45-25-22-38(55(3,4)5)29-47(45)59(49,13)14)57(9,10)35-58(11,12)41-32-50-54(52(61)34-41)46-26-23-39(56(6,7)8)30-48(46)60(50,15)16/h18-34H,17,35H2,1-16H3. The molecule has 0 unspecified atom stereocenters. The number of hydrogen-bond donors (Lipinski definition) is 0. The topological polar surface area (TPSA) is 3.24 Å². The molecule has 1 nitrogen and oxygen atoms in total. The summed E-state index contributed by atoms with van der Waals surface area (Å²) in [7, 11) is 0. The lowest BCUT2D eigenvalue weighted by Crippen LogP contribution is -2.32. The molecule has 2 aliphatic carbocycles. The van der Waals surface area contributed by atoms with Crippen molar-refractivity contribution in [2.24, 2.45) is 0 Å². The number of benzene rings is 6. The Morgan fingerprint density at radius 3 is 1.39 bits per heavy atom. The lowest BCUT2D eigenvalue weighted by molar-refractivity contribution is 0.348. The van der Waals surface area contributed by atoms with Gasteiger partial charge >= 0.3 is 0 Å². The fourth-order valence-electron chi connectivity index (χ4n) is 11.6. The fourth-order valence-corrected chi connectivity index (χ4v) is 11.6. The van der Waals surface area contributed by atoms with Crippen LogP contribution in [0, 0.1) is 6.92 Å². The Morgan fingerprint density at radius 2 is 0.951 bits per heavy atom. The van der Waals surface area contributed by atoms with Crippen molar-refractivity contribution < 1.29 is 0 Å². The highest BCUT2D eigenvalue weighted by Crippen LogP contribution is 2.61. The van der Waals surface area contributed by atoms with Gasteiger partial charge < -0.3 is 4.90 Å². The minimum atomic E-state index is -0.177. The second kappa shape index (κ2) is 13.3. The van der Waals surface area contributed by atoms with Crippen LogP contribution in [0.3, 0.4) is 0 Å². The first-order valence-electron chi connectivity index (χ1n) is 23.0. The van der Waals surface area contributed by atoms with E-state index in [9.17, 15) is 0 Å². The van der Waals surface area contributed by atoms with Gasteiger partial charge in [0.2, 0.25) is 0 Å². The summed E-state index contributed by atoms with van der Waals surface area (Å²) in [5, 5.41) is 0. The maximum Gasteiger partial charge on any atom is 0.0546 e. The van der Waals surface area contributed by atoms with Gasteiger partial charge in [-0.3, -0.25) is 0 Å². The van der Waals surface area contributed by atoms with Crippen LogP contribution in [0.4, 0.5) is 17.1 Å². The van der Waals surface area contributed by atoms with Gasteiger partial charge in [-0.25, -0.2) is 0 Å². The summed E-state index contributed by atoms with van der Waals surface area (Å²) in [4.78, 5) is 2.70. The van der Waals surface area contributed by atoms with E-state index in [1.165, 1.54) is 106 Å². The smallest absolute Gasteiger partial charge is 0.0546 e. The predicted molar refractivity (Wildman–Crippen MR) is 264 cm³/mol. The van der Waals surface area contributed by atoms with E-state index in [4.69, 9.17) is 0 Å². The number of nitrogens with zero attached hydrogens (tertiary/aromatic N) is 1. The Balaban J connectivity index is 1.43. The minimum absolute atomic E-state index is 0.0515. The molecule has 0 amide bonds. The van der Waals surface area contributed by atoms with Gasteiger partial charge in [0.15, 0.2) is 0 Å². The summed E-state index contributed by atoms with van der Waals surface area (Å²) in [6.07, 6.45) is 2.04. The van der Waals surface area contributed by atoms with Crippen LogP contribution in [0.2, 0.25) is 0 Å². The molecule has 1 heterocycles. The zero-order valence-corrected chi connectivity index (χ0v) is 40.2. The van der Waals surface area contributed by atoms with E-state index in [0.717, 1.165) is 12.8 Å². The van der Waals surface area contributed by atoms with Crippen LogP contribution < -0.4 is 4.90 Å². The number of anilines is 3. The van der Waals surface area contributed by atoms with Crippen molar-refractivity contribution in [1.82, 2.24) is 0 Å². The van der Waals surface area contributed by atoms with Crippen molar-refractivity contribution in [2.75, 3.05) is 4.90 Å². The van der Waals surface area contributed by atoms with E-state index in [1.54, 1.807) is 0 Å². The molecule has 0 aromatic heterocycles. The lowest BCUT2D eigenvalue weighted by Gasteiger charge is -2.41. The number of aryl methyl sites for hydroxylation is 2. The van der Waals surface area contributed by atoms with Crippen LogP contribution in [0.25, 0.3) is 33.4 Å². The SMILES string of the molecule is CCc1ccccc1-c1ccc(N2c3cc(cc4c3-c3ccc(C(C)(C)C)cc3C4(C)C)C(C)(C)CC(C)(C)c3cc2c2c(c3)C(C)(C)c3cc(C(C)(C)C)ccc3-2)cc1C. The first-order chi connectivity index (χ1) is 28.4. The normalized spacial score (nSPS) is 17.7. The monoisotopic (exact) mass is 804 g/mol. The van der Waals surface area contributed by atoms with Crippen molar-refractivity contribution in [2.45, 2.75) is 156 Å². The molecular weight excluding hydrogens is 735 g/mol. The van der Waals surface area contributed by atoms with Crippen LogP contribution >= 0.6 is 0 Å². The highest BCUT2D eigenvalue weighted by molar-refractivity contribution is 6.01. The molecule has 6 aromatic carbocycles. The maximum absolute atomic E-state index is 2.70. The zero-order chi connectivity index (χ0) is 44.0. The molecule has 1 aliphatic heterocycles. The average Bonchev–Trinajstić information content (AvgIpc) is 3.55. The maximum atomic E-state index is 2.70. The molecule has 0 N–H and O–H groups in total. The van der Waals surface area contributed by atoms with Gasteiger partial charge in [-0.05, 0) is 144 Å². The van der Waals surface area contributed by atoms with Gasteiger partial charge in [0.05, 0.1) is 11.4 Å². The third-order valence-corrected chi connectivity index (χ3v) is 15.3. The van der Waals surface area contributed by atoms with Crippen LogP contribution in [-0.2, 0) is 38.9 Å². The van der Waals surface area contributed by atoms with Gasteiger partial charge in [0.25, 0.3) is 0 Å². The van der Waals surface area contributed by atoms with Gasteiger partial charge in [-0.1, -0.05) is 183 Å². The van der Waals surface area contributed by atoms with Gasteiger partial charge in [-0.2, -0.15) is 0 Å². The highest BCUT2D eigenvalue weighted by Gasteiger charge is 2.45. The van der Waals surface area contributed by atoms with Crippen molar-refractivity contribution in [1.29, 1.82) is 0 Å². The summed E-state index contributed by atoms with van der Waals surface area (Å²) < 4.78 is 0. The molecule has 0 saturated carbocycles. The molecule has 0 radical (unpaired) electrons. The largest absolute Gasteiger partial charge is 0.309 e. The van der Waals surface area contributed by atoms with Gasteiger partial charge in [0.1, 0.15) is 0 Å². The quantitative estimate of drug-likeness (QED) is 0.172. The second-order valence-electron chi connectivity index (χ2n) is 23.4. The third-order valence-electron chi connectivity index (χ3n) is 15.3. The molecule has 61 heavy (non-hydrogen) atoms. The summed E-state index contributed by atoms with van der Waals surface area (Å²) in [6.45, 7) is 38.5. The fraction of sp³-hybridized carbons (Fsp3) is 0.400. The number of rotatable bonds is 3. The molecule has 4 bridgehead atoms. The van der Waals surface area contributed by atoms with E-state index in [1.807, 2.05) is 0 Å². The van der Waals surface area contributed by atoms with E-state index < -0.39 is 0 Å². The van der Waals surface area contributed by atoms with E-state index in [-0.39, 0.29) is 32.5 Å². The van der Waals surface area contributed by atoms with Crippen LogP contribution in [0.1, 0.15) is 166 Å². The molecule has 1 heteroatoms. The number of hydrogen-bond acceptors (Lipinski definition) is 1. The Kier molecular flexibility index (Phi) is 9.05. The highest BCUT2D eigenvalue weighted by atomic mass is 15.2. The second-order valence-corrected chi connectivity index (χ2v) is 23.4. The van der Waals surface area contributed by atoms with Crippen molar-refractivity contribution in [3.63, 3.8) is 0 Å². The van der Waals surface area contributed by atoms with Crippen molar-refractivity contribution in [3.8, 4) is 33.4 Å². The summed E-state index contributed by atoms with van der Waals surface area (Å²) in [5.41, 5.74) is 25.5. The lowest BCUT2D eigenvalue weighted by atomic mass is 9.66. The molecule has 6 aromatic rings. The van der Waals surface area contributed by atoms with Gasteiger partial charge in [0, 0.05) is 27.6 Å². The number of fused-ring (bicyclic) bond motifs is 12. The van der Waals surface area contributed by atoms with Crippen LogP contribution in [-0.4, -0.2) is 0 Å². The van der Waals surface area contributed by atoms with E-state index in [0.29, 0.717) is 0 Å². The van der Waals surface area contributed by atoms with E-state index >= 15 is 0 Å². The molecule has 9 rings (SSSR count).